The zero-order valence-electron chi connectivity index (χ0n) is 16.8. The second kappa shape index (κ2) is 8.49. The van der Waals surface area contributed by atoms with Gasteiger partial charge in [-0.05, 0) is 30.3 Å². The van der Waals surface area contributed by atoms with E-state index < -0.39 is 17.4 Å². The van der Waals surface area contributed by atoms with Gasteiger partial charge in [0.05, 0.1) is 12.6 Å². The molecule has 0 saturated carbocycles. The van der Waals surface area contributed by atoms with E-state index in [1.165, 1.54) is 19.4 Å². The molecular formula is C21H19N5O5. The third-order valence-electron chi connectivity index (χ3n) is 4.32. The van der Waals surface area contributed by atoms with Gasteiger partial charge in [-0.3, -0.25) is 23.5 Å². The number of imidazole rings is 1. The molecular weight excluding hydrogens is 402 g/mol. The molecule has 10 nitrogen and oxygen atoms in total. The van der Waals surface area contributed by atoms with Crippen LogP contribution in [0.15, 0.2) is 66.5 Å². The normalized spacial score (nSPS) is 10.4. The third-order valence-corrected chi connectivity index (χ3v) is 4.32. The quantitative estimate of drug-likeness (QED) is 0.458. The first-order valence-corrected chi connectivity index (χ1v) is 8.97. The van der Waals surface area contributed by atoms with Crippen molar-refractivity contribution < 1.29 is 19.1 Å². The number of benzene rings is 1. The lowest BCUT2D eigenvalue weighted by Gasteiger charge is -2.11. The van der Waals surface area contributed by atoms with Crippen molar-refractivity contribution in [1.29, 1.82) is 0 Å². The predicted octanol–water partition coefficient (Wildman–Crippen LogP) is 1.42. The van der Waals surface area contributed by atoms with Crippen LogP contribution < -0.4 is 16.2 Å². The van der Waals surface area contributed by atoms with Crippen LogP contribution in [-0.2, 0) is 19.1 Å². The molecule has 0 aliphatic rings. The van der Waals surface area contributed by atoms with Gasteiger partial charge in [0.2, 0.25) is 5.91 Å². The summed E-state index contributed by atoms with van der Waals surface area (Å²) in [6.07, 6.45) is 2.86. The van der Waals surface area contributed by atoms with Crippen molar-refractivity contribution >= 4 is 40.2 Å². The Morgan fingerprint density at radius 2 is 1.77 bits per heavy atom. The van der Waals surface area contributed by atoms with E-state index in [2.05, 4.69) is 33.5 Å². The predicted molar refractivity (Wildman–Crippen MR) is 114 cm³/mol. The SMILES string of the molecule is C=C(NC(=O)C(=C)n1ccc2c(ncn2-c2ccc(NC(C)=O)cc2)c1=O)C(=O)OC. The average molecular weight is 421 g/mol. The van der Waals surface area contributed by atoms with E-state index in [4.69, 9.17) is 0 Å². The summed E-state index contributed by atoms with van der Waals surface area (Å²) in [4.78, 5) is 51.9. The van der Waals surface area contributed by atoms with E-state index in [1.54, 1.807) is 34.9 Å². The molecule has 3 rings (SSSR count). The molecule has 3 aromatic rings. The number of amides is 2. The Balaban J connectivity index is 1.91. The van der Waals surface area contributed by atoms with Gasteiger partial charge in [0.1, 0.15) is 17.7 Å². The van der Waals surface area contributed by atoms with E-state index in [0.717, 1.165) is 17.4 Å². The van der Waals surface area contributed by atoms with Crippen LogP contribution in [0.3, 0.4) is 0 Å². The molecule has 0 aliphatic carbocycles. The van der Waals surface area contributed by atoms with Gasteiger partial charge in [-0.15, -0.1) is 0 Å². The number of carbonyl (C=O) groups is 3. The number of anilines is 1. The van der Waals surface area contributed by atoms with E-state index >= 15 is 0 Å². The zero-order valence-corrected chi connectivity index (χ0v) is 16.8. The summed E-state index contributed by atoms with van der Waals surface area (Å²) in [5, 5.41) is 4.91. The number of esters is 1. The highest BCUT2D eigenvalue weighted by Gasteiger charge is 2.18. The smallest absolute Gasteiger partial charge is 0.353 e. The van der Waals surface area contributed by atoms with Crippen LogP contribution >= 0.6 is 0 Å². The van der Waals surface area contributed by atoms with Gasteiger partial charge in [0.25, 0.3) is 11.5 Å². The maximum absolute atomic E-state index is 12.9. The molecule has 0 fully saturated rings. The molecule has 2 amide bonds. The number of carbonyl (C=O) groups excluding carboxylic acids is 3. The summed E-state index contributed by atoms with van der Waals surface area (Å²) in [6.45, 7) is 8.43. The van der Waals surface area contributed by atoms with E-state index in [1.807, 2.05) is 0 Å². The van der Waals surface area contributed by atoms with Gasteiger partial charge in [0.15, 0.2) is 5.52 Å². The summed E-state index contributed by atoms with van der Waals surface area (Å²) < 4.78 is 7.19. The van der Waals surface area contributed by atoms with Crippen LogP contribution in [0.5, 0.6) is 0 Å². The third kappa shape index (κ3) is 4.27. The van der Waals surface area contributed by atoms with Crippen molar-refractivity contribution in [3.8, 4) is 5.69 Å². The Morgan fingerprint density at radius 3 is 2.39 bits per heavy atom. The lowest BCUT2D eigenvalue weighted by atomic mass is 10.2. The standard InChI is InChI=1S/C21H19N5O5/c1-12(21(30)31-4)23-19(28)13(2)25-10-9-17-18(20(25)29)22-11-26(17)16-7-5-15(6-8-16)24-14(3)27/h5-11H,1-2H2,3-4H3,(H,23,28)(H,24,27). The Morgan fingerprint density at radius 1 is 1.10 bits per heavy atom. The minimum absolute atomic E-state index is 0.120. The van der Waals surface area contributed by atoms with E-state index in [0.29, 0.717) is 11.2 Å². The largest absolute Gasteiger partial charge is 0.464 e. The minimum atomic E-state index is -0.813. The molecule has 0 unspecified atom stereocenters. The molecule has 0 saturated heterocycles. The molecule has 0 bridgehead atoms. The second-order valence-electron chi connectivity index (χ2n) is 6.44. The number of pyridine rings is 1. The molecule has 0 aliphatic heterocycles. The Hall–Kier alpha value is -4.47. The van der Waals surface area contributed by atoms with Gasteiger partial charge in [-0.2, -0.15) is 0 Å². The number of hydrogen-bond acceptors (Lipinski definition) is 6. The monoisotopic (exact) mass is 421 g/mol. The highest BCUT2D eigenvalue weighted by Crippen LogP contribution is 2.18. The fraction of sp³-hybridized carbons (Fsp3) is 0.0952. The van der Waals surface area contributed by atoms with Gasteiger partial charge in [-0.1, -0.05) is 13.2 Å². The van der Waals surface area contributed by atoms with Gasteiger partial charge in [-0.25, -0.2) is 9.78 Å². The molecule has 158 valence electrons. The minimum Gasteiger partial charge on any atom is -0.464 e. The Bertz CT molecular complexity index is 1280. The molecule has 2 N–H and O–H groups in total. The van der Waals surface area contributed by atoms with Crippen LogP contribution in [0.25, 0.3) is 22.4 Å². The highest BCUT2D eigenvalue weighted by molar-refractivity contribution is 6.15. The van der Waals surface area contributed by atoms with Crippen LogP contribution in [0.2, 0.25) is 0 Å². The molecule has 0 spiro atoms. The van der Waals surface area contributed by atoms with Gasteiger partial charge in [0, 0.05) is 24.5 Å². The fourth-order valence-corrected chi connectivity index (χ4v) is 2.83. The van der Waals surface area contributed by atoms with Gasteiger partial charge < -0.3 is 15.4 Å². The molecule has 10 heteroatoms. The Labute approximate surface area is 176 Å². The summed E-state index contributed by atoms with van der Waals surface area (Å²) in [5.41, 5.74) is 0.935. The number of nitrogens with zero attached hydrogens (tertiary/aromatic N) is 3. The average Bonchev–Trinajstić information content (AvgIpc) is 3.18. The molecule has 2 heterocycles. The van der Waals surface area contributed by atoms with E-state index in [-0.39, 0.29) is 22.8 Å². The number of methoxy groups -OCH3 is 1. The van der Waals surface area contributed by atoms with Crippen LogP contribution in [-0.4, -0.2) is 39.0 Å². The zero-order chi connectivity index (χ0) is 22.7. The molecule has 0 radical (unpaired) electrons. The lowest BCUT2D eigenvalue weighted by Crippen LogP contribution is -2.32. The summed E-state index contributed by atoms with van der Waals surface area (Å²) >= 11 is 0. The maximum Gasteiger partial charge on any atom is 0.353 e. The van der Waals surface area contributed by atoms with Crippen LogP contribution in [0.1, 0.15) is 6.92 Å². The number of aromatic nitrogens is 3. The van der Waals surface area contributed by atoms with Crippen molar-refractivity contribution in [2.75, 3.05) is 12.4 Å². The summed E-state index contributed by atoms with van der Waals surface area (Å²) in [6, 6.07) is 8.60. The number of hydrogen-bond donors (Lipinski definition) is 2. The second-order valence-corrected chi connectivity index (χ2v) is 6.44. The van der Waals surface area contributed by atoms with Crippen molar-refractivity contribution in [2.24, 2.45) is 0 Å². The fourth-order valence-electron chi connectivity index (χ4n) is 2.83. The number of fused-ring (bicyclic) bond motifs is 1. The number of rotatable bonds is 6. The first kappa shape index (κ1) is 21.2. The van der Waals surface area contributed by atoms with Crippen molar-refractivity contribution in [3.63, 3.8) is 0 Å². The van der Waals surface area contributed by atoms with Crippen LogP contribution in [0, 0.1) is 0 Å². The molecule has 31 heavy (non-hydrogen) atoms. The van der Waals surface area contributed by atoms with Gasteiger partial charge >= 0.3 is 5.97 Å². The maximum atomic E-state index is 12.9. The Kier molecular flexibility index (Phi) is 5.82. The number of ether oxygens (including phenoxy) is 1. The van der Waals surface area contributed by atoms with Crippen LogP contribution in [0.4, 0.5) is 5.69 Å². The highest BCUT2D eigenvalue weighted by atomic mass is 16.5. The summed E-state index contributed by atoms with van der Waals surface area (Å²) in [7, 11) is 1.15. The lowest BCUT2D eigenvalue weighted by molar-refractivity contribution is -0.137. The van der Waals surface area contributed by atoms with Crippen molar-refractivity contribution in [1.82, 2.24) is 19.4 Å². The first-order valence-electron chi connectivity index (χ1n) is 8.97. The van der Waals surface area contributed by atoms with Crippen molar-refractivity contribution in [3.05, 3.63) is 72.1 Å². The topological polar surface area (TPSA) is 124 Å². The molecule has 1 aromatic carbocycles. The first-order chi connectivity index (χ1) is 14.7. The van der Waals surface area contributed by atoms with E-state index in [9.17, 15) is 19.2 Å². The molecule has 0 atom stereocenters. The van der Waals surface area contributed by atoms with Crippen molar-refractivity contribution in [2.45, 2.75) is 6.92 Å². The molecule has 2 aromatic heterocycles. The number of nitrogens with one attached hydrogen (secondary N) is 2. The summed E-state index contributed by atoms with van der Waals surface area (Å²) in [5.74, 6) is -1.78.